The maximum atomic E-state index is 9.76. The Labute approximate surface area is 81.4 Å². The third-order valence-corrected chi connectivity index (χ3v) is 2.33. The molecule has 0 saturated heterocycles. The lowest BCUT2D eigenvalue weighted by Gasteiger charge is -2.23. The predicted molar refractivity (Wildman–Crippen MR) is 57.6 cm³/mol. The number of likely N-dealkylation sites (N-methyl/N-ethyl adjacent to an activating group) is 1. The van der Waals surface area contributed by atoms with Gasteiger partial charge in [0.1, 0.15) is 0 Å². The highest BCUT2D eigenvalue weighted by atomic mass is 16.3. The summed E-state index contributed by atoms with van der Waals surface area (Å²) in [7, 11) is 1.86. The maximum Gasteiger partial charge on any atom is 0.0718 e. The minimum absolute atomic E-state index is 0.145. The minimum Gasteiger partial charge on any atom is -0.391 e. The van der Waals surface area contributed by atoms with E-state index < -0.39 is 0 Å². The van der Waals surface area contributed by atoms with Crippen molar-refractivity contribution >= 4 is 0 Å². The summed E-state index contributed by atoms with van der Waals surface area (Å²) < 4.78 is 0. The monoisotopic (exact) mass is 183 g/mol. The topological polar surface area (TPSA) is 32.3 Å². The summed E-state index contributed by atoms with van der Waals surface area (Å²) in [4.78, 5) is 0. The highest BCUT2D eigenvalue weighted by Crippen LogP contribution is 2.11. The van der Waals surface area contributed by atoms with E-state index in [4.69, 9.17) is 0 Å². The molecule has 0 fully saturated rings. The SMILES string of the molecule is C=C/C=C\C[C@@H](C)[C@@H](O)[C@H](C)NC. The second-order valence-corrected chi connectivity index (χ2v) is 3.44. The highest BCUT2D eigenvalue weighted by Gasteiger charge is 2.18. The van der Waals surface area contributed by atoms with Crippen LogP contribution in [0.5, 0.6) is 0 Å². The van der Waals surface area contributed by atoms with Crippen LogP contribution < -0.4 is 5.32 Å². The van der Waals surface area contributed by atoms with Gasteiger partial charge in [-0.1, -0.05) is 31.7 Å². The van der Waals surface area contributed by atoms with Crippen molar-refractivity contribution in [2.75, 3.05) is 7.05 Å². The van der Waals surface area contributed by atoms with Crippen LogP contribution in [0.2, 0.25) is 0 Å². The Morgan fingerprint density at radius 2 is 2.08 bits per heavy atom. The van der Waals surface area contributed by atoms with Gasteiger partial charge in [-0.15, -0.1) is 0 Å². The van der Waals surface area contributed by atoms with Gasteiger partial charge in [0.2, 0.25) is 0 Å². The third-order valence-electron chi connectivity index (χ3n) is 2.33. The van der Waals surface area contributed by atoms with Gasteiger partial charge in [-0.25, -0.2) is 0 Å². The summed E-state index contributed by atoms with van der Waals surface area (Å²) in [6, 6.07) is 0.145. The molecule has 0 unspecified atom stereocenters. The number of allylic oxidation sites excluding steroid dienone is 3. The molecule has 0 radical (unpaired) electrons. The zero-order valence-corrected chi connectivity index (χ0v) is 8.83. The summed E-state index contributed by atoms with van der Waals surface area (Å²) in [5.74, 6) is 0.277. The smallest absolute Gasteiger partial charge is 0.0718 e. The van der Waals surface area contributed by atoms with Crippen molar-refractivity contribution in [2.45, 2.75) is 32.4 Å². The summed E-state index contributed by atoms with van der Waals surface area (Å²) in [5.41, 5.74) is 0. The van der Waals surface area contributed by atoms with Crippen LogP contribution in [0, 0.1) is 5.92 Å². The minimum atomic E-state index is -0.292. The lowest BCUT2D eigenvalue weighted by atomic mass is 9.95. The van der Waals surface area contributed by atoms with Crippen molar-refractivity contribution in [2.24, 2.45) is 5.92 Å². The molecule has 0 aliphatic carbocycles. The first-order valence-electron chi connectivity index (χ1n) is 4.76. The molecule has 0 heterocycles. The van der Waals surface area contributed by atoms with Crippen molar-refractivity contribution < 1.29 is 5.11 Å². The van der Waals surface area contributed by atoms with E-state index in [1.807, 2.05) is 33.0 Å². The van der Waals surface area contributed by atoms with Gasteiger partial charge in [-0.05, 0) is 26.3 Å². The zero-order chi connectivity index (χ0) is 10.3. The van der Waals surface area contributed by atoms with E-state index in [-0.39, 0.29) is 18.1 Å². The van der Waals surface area contributed by atoms with Crippen LogP contribution in [0.15, 0.2) is 24.8 Å². The van der Waals surface area contributed by atoms with Gasteiger partial charge in [0.05, 0.1) is 6.10 Å². The van der Waals surface area contributed by atoms with Crippen LogP contribution in [-0.2, 0) is 0 Å². The van der Waals surface area contributed by atoms with Crippen LogP contribution >= 0.6 is 0 Å². The second-order valence-electron chi connectivity index (χ2n) is 3.44. The van der Waals surface area contributed by atoms with Crippen LogP contribution in [0.1, 0.15) is 20.3 Å². The number of aliphatic hydroxyl groups excluding tert-OH is 1. The van der Waals surface area contributed by atoms with E-state index in [1.54, 1.807) is 6.08 Å². The molecule has 0 amide bonds. The van der Waals surface area contributed by atoms with Crippen molar-refractivity contribution in [3.63, 3.8) is 0 Å². The van der Waals surface area contributed by atoms with Crippen LogP contribution in [0.25, 0.3) is 0 Å². The number of rotatable bonds is 6. The summed E-state index contributed by atoms with van der Waals surface area (Å²) in [6.45, 7) is 7.62. The second kappa shape index (κ2) is 6.87. The van der Waals surface area contributed by atoms with Gasteiger partial charge in [0.15, 0.2) is 0 Å². The normalized spacial score (nSPS) is 18.5. The summed E-state index contributed by atoms with van der Waals surface area (Å²) in [5, 5.41) is 12.8. The van der Waals surface area contributed by atoms with Gasteiger partial charge < -0.3 is 10.4 Å². The molecule has 2 heteroatoms. The van der Waals surface area contributed by atoms with Gasteiger partial charge in [-0.2, -0.15) is 0 Å². The number of hydrogen-bond acceptors (Lipinski definition) is 2. The molecule has 0 saturated carbocycles. The van der Waals surface area contributed by atoms with Gasteiger partial charge in [0, 0.05) is 6.04 Å². The molecule has 2 N–H and O–H groups in total. The van der Waals surface area contributed by atoms with E-state index in [2.05, 4.69) is 11.9 Å². The predicted octanol–water partition coefficient (Wildman–Crippen LogP) is 1.72. The Hall–Kier alpha value is -0.600. The Morgan fingerprint density at radius 3 is 2.54 bits per heavy atom. The van der Waals surface area contributed by atoms with Gasteiger partial charge >= 0.3 is 0 Å². The first-order chi connectivity index (χ1) is 6.13. The molecule has 0 aromatic heterocycles. The van der Waals surface area contributed by atoms with Crippen molar-refractivity contribution in [1.29, 1.82) is 0 Å². The van der Waals surface area contributed by atoms with Crippen molar-refractivity contribution in [1.82, 2.24) is 5.32 Å². The largest absolute Gasteiger partial charge is 0.391 e. The summed E-state index contributed by atoms with van der Waals surface area (Å²) >= 11 is 0. The van der Waals surface area contributed by atoms with Crippen LogP contribution in [0.3, 0.4) is 0 Å². The number of hydrogen-bond donors (Lipinski definition) is 2. The molecule has 0 aromatic carbocycles. The van der Waals surface area contributed by atoms with E-state index in [1.165, 1.54) is 0 Å². The Kier molecular flexibility index (Phi) is 6.55. The molecule has 0 rings (SSSR count). The standard InChI is InChI=1S/C11H21NO/c1-5-6-7-8-9(2)11(13)10(3)12-4/h5-7,9-13H,1,8H2,2-4H3/b7-6-/t9-,10+,11-/m1/s1. The lowest BCUT2D eigenvalue weighted by molar-refractivity contribution is 0.0862. The van der Waals surface area contributed by atoms with Gasteiger partial charge in [0.25, 0.3) is 0 Å². The quantitative estimate of drug-likeness (QED) is 0.615. The highest BCUT2D eigenvalue weighted by molar-refractivity contribution is 4.98. The first kappa shape index (κ1) is 12.4. The molecule has 2 nitrogen and oxygen atoms in total. The molecular formula is C11H21NO. The average Bonchev–Trinajstić information content (AvgIpc) is 2.15. The fourth-order valence-corrected chi connectivity index (χ4v) is 1.19. The molecule has 13 heavy (non-hydrogen) atoms. The Balaban J connectivity index is 3.87. The molecule has 0 aliphatic heterocycles. The zero-order valence-electron chi connectivity index (χ0n) is 8.83. The van der Waals surface area contributed by atoms with E-state index in [9.17, 15) is 5.11 Å². The fraction of sp³-hybridized carbons (Fsp3) is 0.636. The van der Waals surface area contributed by atoms with Crippen molar-refractivity contribution in [3.05, 3.63) is 24.8 Å². The summed E-state index contributed by atoms with van der Waals surface area (Å²) in [6.07, 6.45) is 6.29. The van der Waals surface area contributed by atoms with Crippen LogP contribution in [-0.4, -0.2) is 24.3 Å². The maximum absolute atomic E-state index is 9.76. The van der Waals surface area contributed by atoms with Gasteiger partial charge in [-0.3, -0.25) is 0 Å². The van der Waals surface area contributed by atoms with E-state index in [0.29, 0.717) is 0 Å². The van der Waals surface area contributed by atoms with E-state index in [0.717, 1.165) is 6.42 Å². The molecule has 0 aromatic rings. The molecule has 0 spiro atoms. The fourth-order valence-electron chi connectivity index (χ4n) is 1.19. The van der Waals surface area contributed by atoms with E-state index >= 15 is 0 Å². The number of nitrogens with one attached hydrogen (secondary N) is 1. The van der Waals surface area contributed by atoms with Crippen molar-refractivity contribution in [3.8, 4) is 0 Å². The lowest BCUT2D eigenvalue weighted by Crippen LogP contribution is -2.38. The third kappa shape index (κ3) is 4.86. The Bertz CT molecular complexity index is 165. The molecule has 0 bridgehead atoms. The van der Waals surface area contributed by atoms with Crippen LogP contribution in [0.4, 0.5) is 0 Å². The molecule has 3 atom stereocenters. The molecular weight excluding hydrogens is 162 g/mol. The Morgan fingerprint density at radius 1 is 1.46 bits per heavy atom. The molecule has 0 aliphatic rings. The molecule has 76 valence electrons. The first-order valence-corrected chi connectivity index (χ1v) is 4.76. The number of aliphatic hydroxyl groups is 1. The average molecular weight is 183 g/mol.